The lowest BCUT2D eigenvalue weighted by molar-refractivity contribution is -0.117. The minimum absolute atomic E-state index is 0.139. The molecule has 0 aliphatic carbocycles. The van der Waals surface area contributed by atoms with Crippen molar-refractivity contribution in [2.24, 2.45) is 0 Å². The van der Waals surface area contributed by atoms with Crippen LogP contribution in [-0.2, 0) is 4.79 Å². The normalized spacial score (nSPS) is 11.6. The first kappa shape index (κ1) is 13.3. The highest BCUT2D eigenvalue weighted by molar-refractivity contribution is 5.92. The third-order valence-electron chi connectivity index (χ3n) is 2.07. The fraction of sp³-hybridized carbons (Fsp3) is 0.308. The number of benzene rings is 1. The first-order valence-corrected chi connectivity index (χ1v) is 5.39. The Morgan fingerprint density at radius 3 is 2.71 bits per heavy atom. The third kappa shape index (κ3) is 5.17. The number of hydrogen-bond acceptors (Lipinski definition) is 3. The van der Waals surface area contributed by atoms with E-state index in [0.717, 1.165) is 0 Å². The van der Waals surface area contributed by atoms with Crippen LogP contribution in [0, 0.1) is 0 Å². The maximum absolute atomic E-state index is 11.2. The summed E-state index contributed by atoms with van der Waals surface area (Å²) in [6.45, 7) is 5.41. The Kier molecular flexibility index (Phi) is 5.23. The van der Waals surface area contributed by atoms with Gasteiger partial charge in [-0.1, -0.05) is 24.8 Å². The molecule has 1 atom stereocenters. The van der Waals surface area contributed by atoms with Crippen LogP contribution in [0.5, 0.6) is 5.75 Å². The number of amides is 1. The molecule has 1 aromatic carbocycles. The van der Waals surface area contributed by atoms with Crippen LogP contribution in [0.3, 0.4) is 0 Å². The molecule has 1 aromatic rings. The fourth-order valence-corrected chi connectivity index (χ4v) is 1.13. The molecule has 1 rings (SSSR count). The summed E-state index contributed by atoms with van der Waals surface area (Å²) in [6, 6.07) is 9.20. The van der Waals surface area contributed by atoms with E-state index in [1.54, 1.807) is 19.1 Å². The second kappa shape index (κ2) is 6.70. The molecule has 0 aliphatic rings. The number of ether oxygens (including phenoxy) is 1. The van der Waals surface area contributed by atoms with Crippen molar-refractivity contribution in [3.8, 4) is 5.75 Å². The van der Waals surface area contributed by atoms with Gasteiger partial charge in [0, 0.05) is 12.1 Å². The van der Waals surface area contributed by atoms with Crippen LogP contribution in [-0.4, -0.2) is 30.3 Å². The Labute approximate surface area is 101 Å². The van der Waals surface area contributed by atoms with Crippen molar-refractivity contribution in [1.82, 2.24) is 5.32 Å². The van der Waals surface area contributed by atoms with Crippen molar-refractivity contribution in [2.45, 2.75) is 13.0 Å². The summed E-state index contributed by atoms with van der Waals surface area (Å²) in [4.78, 5) is 11.2. The van der Waals surface area contributed by atoms with Crippen LogP contribution < -0.4 is 10.1 Å². The van der Waals surface area contributed by atoms with Gasteiger partial charge in [0.05, 0.1) is 0 Å². The van der Waals surface area contributed by atoms with E-state index in [-0.39, 0.29) is 19.1 Å². The van der Waals surface area contributed by atoms with E-state index < -0.39 is 6.10 Å². The van der Waals surface area contributed by atoms with Gasteiger partial charge in [-0.25, -0.2) is 0 Å². The molecule has 0 aromatic heterocycles. The van der Waals surface area contributed by atoms with Crippen LogP contribution >= 0.6 is 0 Å². The molecule has 0 bridgehead atoms. The van der Waals surface area contributed by atoms with Gasteiger partial charge >= 0.3 is 0 Å². The van der Waals surface area contributed by atoms with Gasteiger partial charge in [0.1, 0.15) is 18.5 Å². The summed E-state index contributed by atoms with van der Waals surface area (Å²) in [7, 11) is 0. The summed E-state index contributed by atoms with van der Waals surface area (Å²) >= 11 is 0. The van der Waals surface area contributed by atoms with E-state index in [1.807, 2.05) is 18.2 Å². The first-order valence-electron chi connectivity index (χ1n) is 5.39. The average molecular weight is 235 g/mol. The molecule has 0 saturated carbocycles. The number of carbonyl (C=O) groups excluding carboxylic acids is 1. The predicted molar refractivity (Wildman–Crippen MR) is 65.8 cm³/mol. The maximum atomic E-state index is 11.2. The van der Waals surface area contributed by atoms with Crippen LogP contribution in [0.2, 0.25) is 0 Å². The minimum Gasteiger partial charge on any atom is -0.491 e. The minimum atomic E-state index is -0.737. The van der Waals surface area contributed by atoms with Crippen LogP contribution in [0.4, 0.5) is 0 Å². The molecule has 0 fully saturated rings. The van der Waals surface area contributed by atoms with Gasteiger partial charge in [-0.2, -0.15) is 0 Å². The average Bonchev–Trinajstić information content (AvgIpc) is 2.34. The number of para-hydroxylation sites is 1. The molecule has 1 unspecified atom stereocenters. The number of hydrogen-bond donors (Lipinski definition) is 2. The Morgan fingerprint density at radius 2 is 2.12 bits per heavy atom. The summed E-state index contributed by atoms with van der Waals surface area (Å²) in [5.74, 6) is 0.432. The van der Waals surface area contributed by atoms with Crippen LogP contribution in [0.25, 0.3) is 0 Å². The Hall–Kier alpha value is -1.81. The Bertz CT molecular complexity index is 376. The van der Waals surface area contributed by atoms with Gasteiger partial charge < -0.3 is 15.2 Å². The van der Waals surface area contributed by atoms with E-state index in [1.165, 1.54) is 0 Å². The van der Waals surface area contributed by atoms with Crippen molar-refractivity contribution in [2.75, 3.05) is 13.2 Å². The standard InChI is InChI=1S/C13H17NO3/c1-10(2)13(16)14-8-11(15)9-17-12-6-4-3-5-7-12/h3-7,11,15H,1,8-9H2,2H3,(H,14,16). The largest absolute Gasteiger partial charge is 0.491 e. The summed E-state index contributed by atoms with van der Waals surface area (Å²) in [5.41, 5.74) is 0.418. The maximum Gasteiger partial charge on any atom is 0.246 e. The molecular formula is C13H17NO3. The van der Waals surface area contributed by atoms with Crippen LogP contribution in [0.15, 0.2) is 42.5 Å². The van der Waals surface area contributed by atoms with E-state index >= 15 is 0 Å². The molecule has 4 nitrogen and oxygen atoms in total. The molecule has 2 N–H and O–H groups in total. The highest BCUT2D eigenvalue weighted by atomic mass is 16.5. The van der Waals surface area contributed by atoms with Crippen LogP contribution in [0.1, 0.15) is 6.92 Å². The van der Waals surface area contributed by atoms with Gasteiger partial charge in [-0.3, -0.25) is 4.79 Å². The predicted octanol–water partition coefficient (Wildman–Crippen LogP) is 1.12. The zero-order valence-electron chi connectivity index (χ0n) is 9.85. The number of carbonyl (C=O) groups is 1. The fourth-order valence-electron chi connectivity index (χ4n) is 1.13. The quantitative estimate of drug-likeness (QED) is 0.726. The molecule has 0 radical (unpaired) electrons. The Balaban J connectivity index is 2.24. The smallest absolute Gasteiger partial charge is 0.246 e. The SMILES string of the molecule is C=C(C)C(=O)NCC(O)COc1ccccc1. The highest BCUT2D eigenvalue weighted by Crippen LogP contribution is 2.08. The molecule has 0 aliphatic heterocycles. The third-order valence-corrected chi connectivity index (χ3v) is 2.07. The first-order chi connectivity index (χ1) is 8.09. The zero-order valence-corrected chi connectivity index (χ0v) is 9.85. The number of nitrogens with one attached hydrogen (secondary N) is 1. The summed E-state index contributed by atoms with van der Waals surface area (Å²) in [6.07, 6.45) is -0.737. The molecule has 0 heterocycles. The summed E-state index contributed by atoms with van der Waals surface area (Å²) in [5, 5.41) is 12.1. The summed E-state index contributed by atoms with van der Waals surface area (Å²) < 4.78 is 5.34. The van der Waals surface area contributed by atoms with E-state index in [2.05, 4.69) is 11.9 Å². The molecular weight excluding hydrogens is 218 g/mol. The van der Waals surface area contributed by atoms with Crippen molar-refractivity contribution in [3.63, 3.8) is 0 Å². The lowest BCUT2D eigenvalue weighted by atomic mass is 10.3. The molecule has 0 saturated heterocycles. The Morgan fingerprint density at radius 1 is 1.47 bits per heavy atom. The number of rotatable bonds is 6. The molecule has 92 valence electrons. The molecule has 17 heavy (non-hydrogen) atoms. The number of aliphatic hydroxyl groups is 1. The van der Waals surface area contributed by atoms with Crippen molar-refractivity contribution >= 4 is 5.91 Å². The second-order valence-electron chi connectivity index (χ2n) is 3.77. The van der Waals surface area contributed by atoms with Crippen molar-refractivity contribution < 1.29 is 14.6 Å². The van der Waals surface area contributed by atoms with Crippen molar-refractivity contribution in [1.29, 1.82) is 0 Å². The molecule has 4 heteroatoms. The van der Waals surface area contributed by atoms with Gasteiger partial charge in [0.2, 0.25) is 5.91 Å². The van der Waals surface area contributed by atoms with Gasteiger partial charge in [0.15, 0.2) is 0 Å². The second-order valence-corrected chi connectivity index (χ2v) is 3.77. The van der Waals surface area contributed by atoms with Gasteiger partial charge in [-0.05, 0) is 19.1 Å². The lowest BCUT2D eigenvalue weighted by Gasteiger charge is -2.13. The molecule has 1 amide bonds. The van der Waals surface area contributed by atoms with Crippen molar-refractivity contribution in [3.05, 3.63) is 42.5 Å². The van der Waals surface area contributed by atoms with Gasteiger partial charge in [-0.15, -0.1) is 0 Å². The molecule has 0 spiro atoms. The zero-order chi connectivity index (χ0) is 12.7. The van der Waals surface area contributed by atoms with E-state index in [9.17, 15) is 9.90 Å². The highest BCUT2D eigenvalue weighted by Gasteiger charge is 2.08. The topological polar surface area (TPSA) is 58.6 Å². The number of aliphatic hydroxyl groups excluding tert-OH is 1. The van der Waals surface area contributed by atoms with E-state index in [0.29, 0.717) is 11.3 Å². The monoisotopic (exact) mass is 235 g/mol. The van der Waals surface area contributed by atoms with E-state index in [4.69, 9.17) is 4.74 Å². The van der Waals surface area contributed by atoms with Gasteiger partial charge in [0.25, 0.3) is 0 Å². The lowest BCUT2D eigenvalue weighted by Crippen LogP contribution is -2.35.